The molecule has 0 fully saturated rings. The zero-order valence-electron chi connectivity index (χ0n) is 13.6. The Balaban J connectivity index is 1.42. The van der Waals surface area contributed by atoms with Crippen LogP contribution in [0, 0.1) is 0 Å². The van der Waals surface area contributed by atoms with Crippen LogP contribution in [0.5, 0.6) is 0 Å². The molecule has 4 rings (SSSR count). The lowest BCUT2D eigenvalue weighted by Crippen LogP contribution is -2.41. The molecule has 1 aliphatic carbocycles. The van der Waals surface area contributed by atoms with E-state index >= 15 is 0 Å². The Morgan fingerprint density at radius 3 is 2.64 bits per heavy atom. The van der Waals surface area contributed by atoms with Crippen LogP contribution in [0.25, 0.3) is 11.0 Å². The van der Waals surface area contributed by atoms with Crippen LogP contribution >= 0.6 is 11.3 Å². The second-order valence-corrected chi connectivity index (χ2v) is 7.31. The first kappa shape index (κ1) is 15.9. The quantitative estimate of drug-likeness (QED) is 0.542. The molecule has 2 amide bonds. The first-order chi connectivity index (χ1) is 12.2. The van der Waals surface area contributed by atoms with Crippen molar-refractivity contribution in [2.24, 2.45) is 0 Å². The summed E-state index contributed by atoms with van der Waals surface area (Å²) in [6, 6.07) is 11.0. The number of hydrazine groups is 1. The number of amides is 2. The van der Waals surface area contributed by atoms with Crippen molar-refractivity contribution in [2.45, 2.75) is 32.1 Å². The normalized spacial score (nSPS) is 13.9. The van der Waals surface area contributed by atoms with Crippen LogP contribution in [-0.2, 0) is 12.8 Å². The van der Waals surface area contributed by atoms with Gasteiger partial charge in [-0.1, -0.05) is 24.6 Å². The molecule has 0 unspecified atom stereocenters. The van der Waals surface area contributed by atoms with Gasteiger partial charge in [-0.25, -0.2) is 0 Å². The van der Waals surface area contributed by atoms with Gasteiger partial charge in [0.05, 0.1) is 4.88 Å². The number of fused-ring (bicyclic) bond motifs is 2. The van der Waals surface area contributed by atoms with Crippen molar-refractivity contribution >= 4 is 34.1 Å². The first-order valence-electron chi connectivity index (χ1n) is 8.41. The molecule has 2 N–H and O–H groups in total. The van der Waals surface area contributed by atoms with Crippen LogP contribution in [-0.4, -0.2) is 11.8 Å². The van der Waals surface area contributed by atoms with Crippen molar-refractivity contribution in [2.75, 3.05) is 0 Å². The van der Waals surface area contributed by atoms with Gasteiger partial charge in [0.25, 0.3) is 5.91 Å². The number of benzene rings is 1. The summed E-state index contributed by atoms with van der Waals surface area (Å²) >= 11 is 1.52. The fraction of sp³-hybridized carbons (Fsp3) is 0.263. The van der Waals surface area contributed by atoms with E-state index in [0.29, 0.717) is 10.5 Å². The molecular formula is C19H18N2O3S. The summed E-state index contributed by atoms with van der Waals surface area (Å²) < 4.78 is 5.49. The molecule has 2 heterocycles. The van der Waals surface area contributed by atoms with E-state index in [1.54, 1.807) is 12.1 Å². The monoisotopic (exact) mass is 354 g/mol. The Morgan fingerprint density at radius 1 is 0.960 bits per heavy atom. The number of furan rings is 1. The smallest absolute Gasteiger partial charge is 0.305 e. The number of nitrogens with one attached hydrogen (secondary N) is 2. The highest BCUT2D eigenvalue weighted by Gasteiger charge is 2.18. The maximum Gasteiger partial charge on any atom is 0.305 e. The third-order valence-electron chi connectivity index (χ3n) is 4.41. The summed E-state index contributed by atoms with van der Waals surface area (Å²) in [4.78, 5) is 26.4. The number of rotatable bonds is 2. The third-order valence-corrected chi connectivity index (χ3v) is 5.65. The number of thiophene rings is 1. The van der Waals surface area contributed by atoms with Crippen LogP contribution in [0.4, 0.5) is 0 Å². The van der Waals surface area contributed by atoms with Crippen molar-refractivity contribution in [3.8, 4) is 0 Å². The minimum Gasteiger partial charge on any atom is -0.451 e. The Kier molecular flexibility index (Phi) is 4.28. The molecule has 5 nitrogen and oxygen atoms in total. The van der Waals surface area contributed by atoms with Crippen LogP contribution in [0.2, 0.25) is 0 Å². The van der Waals surface area contributed by atoms with Gasteiger partial charge in [0.2, 0.25) is 0 Å². The Morgan fingerprint density at radius 2 is 1.76 bits per heavy atom. The van der Waals surface area contributed by atoms with Crippen LogP contribution < -0.4 is 10.9 Å². The Hall–Kier alpha value is -2.60. The van der Waals surface area contributed by atoms with Crippen molar-refractivity contribution < 1.29 is 14.0 Å². The van der Waals surface area contributed by atoms with Gasteiger partial charge in [-0.05, 0) is 49.4 Å². The molecule has 3 aromatic rings. The summed E-state index contributed by atoms with van der Waals surface area (Å²) in [7, 11) is 0. The van der Waals surface area contributed by atoms with Gasteiger partial charge in [-0.15, -0.1) is 11.3 Å². The highest BCUT2D eigenvalue weighted by Crippen LogP contribution is 2.28. The largest absolute Gasteiger partial charge is 0.451 e. The zero-order chi connectivity index (χ0) is 17.2. The number of carbonyl (C=O) groups is 2. The highest BCUT2D eigenvalue weighted by atomic mass is 32.1. The second-order valence-electron chi connectivity index (χ2n) is 6.18. The molecule has 0 aliphatic heterocycles. The van der Waals surface area contributed by atoms with Crippen LogP contribution in [0.1, 0.15) is 49.9 Å². The lowest BCUT2D eigenvalue weighted by molar-refractivity contribution is 0.0834. The van der Waals surface area contributed by atoms with Crippen LogP contribution in [0.15, 0.2) is 40.8 Å². The van der Waals surface area contributed by atoms with E-state index in [1.165, 1.54) is 41.0 Å². The molecule has 2 aromatic heterocycles. The minimum atomic E-state index is -0.470. The van der Waals surface area contributed by atoms with Crippen LogP contribution in [0.3, 0.4) is 0 Å². The average molecular weight is 354 g/mol. The van der Waals surface area contributed by atoms with E-state index in [2.05, 4.69) is 10.9 Å². The minimum absolute atomic E-state index is 0.170. The predicted molar refractivity (Wildman–Crippen MR) is 96.7 cm³/mol. The number of hydrogen-bond acceptors (Lipinski definition) is 4. The van der Waals surface area contributed by atoms with Crippen molar-refractivity contribution in [1.82, 2.24) is 10.9 Å². The summed E-state index contributed by atoms with van der Waals surface area (Å²) in [5.41, 5.74) is 6.82. The molecule has 1 aromatic carbocycles. The van der Waals surface area contributed by atoms with Crippen molar-refractivity contribution in [1.29, 1.82) is 0 Å². The van der Waals surface area contributed by atoms with E-state index in [4.69, 9.17) is 4.42 Å². The second kappa shape index (κ2) is 6.72. The number of hydrogen-bond donors (Lipinski definition) is 2. The zero-order valence-corrected chi connectivity index (χ0v) is 14.4. The van der Waals surface area contributed by atoms with E-state index < -0.39 is 5.91 Å². The third kappa shape index (κ3) is 3.30. The number of aryl methyl sites for hydroxylation is 2. The molecule has 0 saturated carbocycles. The molecule has 6 heteroatoms. The van der Waals surface area contributed by atoms with Gasteiger partial charge in [-0.2, -0.15) is 0 Å². The summed E-state index contributed by atoms with van der Waals surface area (Å²) in [6.07, 6.45) is 5.67. The molecule has 128 valence electrons. The summed E-state index contributed by atoms with van der Waals surface area (Å²) in [5.74, 6) is -0.589. The SMILES string of the molecule is O=C(NNC(=O)c1cc2c(s1)CCCCC2)c1cc2ccccc2o1. The lowest BCUT2D eigenvalue weighted by atomic mass is 10.1. The molecule has 1 aliphatic rings. The van der Waals surface area contributed by atoms with Gasteiger partial charge in [0.1, 0.15) is 5.58 Å². The Labute approximate surface area is 149 Å². The average Bonchev–Trinajstić information content (AvgIpc) is 3.18. The van der Waals surface area contributed by atoms with Gasteiger partial charge < -0.3 is 4.42 Å². The van der Waals surface area contributed by atoms with Crippen molar-refractivity contribution in [3.05, 3.63) is 57.5 Å². The molecule has 0 atom stereocenters. The maximum absolute atomic E-state index is 12.3. The molecule has 0 bridgehead atoms. The number of carbonyl (C=O) groups excluding carboxylic acids is 2. The van der Waals surface area contributed by atoms with E-state index in [1.807, 2.05) is 24.3 Å². The summed E-state index contributed by atoms with van der Waals surface area (Å²) in [5, 5.41) is 0.848. The highest BCUT2D eigenvalue weighted by molar-refractivity contribution is 7.14. The lowest BCUT2D eigenvalue weighted by Gasteiger charge is -2.04. The van der Waals surface area contributed by atoms with Gasteiger partial charge in [0, 0.05) is 10.3 Å². The molecule has 0 spiro atoms. The van der Waals surface area contributed by atoms with Gasteiger partial charge in [-0.3, -0.25) is 20.4 Å². The molecular weight excluding hydrogens is 336 g/mol. The predicted octanol–water partition coefficient (Wildman–Crippen LogP) is 3.84. The standard InChI is InChI=1S/C19H18N2O3S/c22-18(15-10-12-6-4-5-8-14(12)24-15)20-21-19(23)17-11-13-7-2-1-3-9-16(13)25-17/h4-6,8,10-11H,1-3,7,9H2,(H,20,22)(H,21,23). The fourth-order valence-electron chi connectivity index (χ4n) is 3.11. The van der Waals surface area contributed by atoms with E-state index in [0.717, 1.165) is 18.2 Å². The summed E-state index contributed by atoms with van der Waals surface area (Å²) in [6.45, 7) is 0. The van der Waals surface area contributed by atoms with Crippen molar-refractivity contribution in [3.63, 3.8) is 0 Å². The topological polar surface area (TPSA) is 71.3 Å². The van der Waals surface area contributed by atoms with E-state index in [-0.39, 0.29) is 11.7 Å². The molecule has 25 heavy (non-hydrogen) atoms. The maximum atomic E-state index is 12.3. The first-order valence-corrected chi connectivity index (χ1v) is 9.23. The Bertz CT molecular complexity index is 885. The van der Waals surface area contributed by atoms with Gasteiger partial charge >= 0.3 is 5.91 Å². The molecule has 0 saturated heterocycles. The van der Waals surface area contributed by atoms with E-state index in [9.17, 15) is 9.59 Å². The fourth-order valence-corrected chi connectivity index (χ4v) is 4.26. The number of para-hydroxylation sites is 1. The molecule has 0 radical (unpaired) electrons. The van der Waals surface area contributed by atoms with Gasteiger partial charge in [0.15, 0.2) is 5.76 Å².